The van der Waals surface area contributed by atoms with Gasteiger partial charge in [-0.1, -0.05) is 22.0 Å². The Bertz CT molecular complexity index is 791. The van der Waals surface area contributed by atoms with Gasteiger partial charge in [0.05, 0.1) is 0 Å². The van der Waals surface area contributed by atoms with E-state index in [0.29, 0.717) is 16.9 Å². The number of halogens is 1. The number of nitrogens with one attached hydrogen (secondary N) is 3. The summed E-state index contributed by atoms with van der Waals surface area (Å²) in [6, 6.07) is 12.3. The van der Waals surface area contributed by atoms with Gasteiger partial charge in [0.1, 0.15) is 0 Å². The van der Waals surface area contributed by atoms with Crippen LogP contribution < -0.4 is 16.0 Å². The standard InChI is InChI=1S/C17H16BrN3O2S/c1-10-3-4-12(9-15(10)18)16(23)21-17(24)20-14-7-5-13(6-8-14)19-11(2)22/h3-9H,1-2H3,(H,19,22)(H2,20,21,23,24). The molecule has 5 nitrogen and oxygen atoms in total. The van der Waals surface area contributed by atoms with E-state index in [1.807, 2.05) is 13.0 Å². The first kappa shape index (κ1) is 18.1. The monoisotopic (exact) mass is 405 g/mol. The SMILES string of the molecule is CC(=O)Nc1ccc(NC(=S)NC(=O)c2ccc(C)c(Br)c2)cc1. The van der Waals surface area contributed by atoms with E-state index < -0.39 is 0 Å². The van der Waals surface area contributed by atoms with Crippen LogP contribution in [-0.4, -0.2) is 16.9 Å². The Balaban J connectivity index is 1.96. The van der Waals surface area contributed by atoms with E-state index in [-0.39, 0.29) is 16.9 Å². The fourth-order valence-electron chi connectivity index (χ4n) is 1.91. The van der Waals surface area contributed by atoms with Gasteiger partial charge in [0.2, 0.25) is 5.91 Å². The highest BCUT2D eigenvalue weighted by Crippen LogP contribution is 2.17. The number of aryl methyl sites for hydroxylation is 1. The molecule has 0 radical (unpaired) electrons. The highest BCUT2D eigenvalue weighted by molar-refractivity contribution is 9.10. The van der Waals surface area contributed by atoms with Crippen molar-refractivity contribution in [1.82, 2.24) is 5.32 Å². The van der Waals surface area contributed by atoms with Gasteiger partial charge in [-0.3, -0.25) is 14.9 Å². The Morgan fingerprint density at radius 3 is 2.12 bits per heavy atom. The van der Waals surface area contributed by atoms with Gasteiger partial charge in [-0.05, 0) is 61.1 Å². The number of benzene rings is 2. The van der Waals surface area contributed by atoms with E-state index in [9.17, 15) is 9.59 Å². The van der Waals surface area contributed by atoms with Crippen molar-refractivity contribution in [2.45, 2.75) is 13.8 Å². The first-order chi connectivity index (χ1) is 11.3. The van der Waals surface area contributed by atoms with Crippen LogP contribution >= 0.6 is 28.1 Å². The number of hydrogen-bond acceptors (Lipinski definition) is 3. The van der Waals surface area contributed by atoms with Crippen LogP contribution in [0, 0.1) is 6.92 Å². The minimum absolute atomic E-state index is 0.136. The van der Waals surface area contributed by atoms with Crippen molar-refractivity contribution in [1.29, 1.82) is 0 Å². The summed E-state index contributed by atoms with van der Waals surface area (Å²) in [7, 11) is 0. The Hall–Kier alpha value is -2.25. The molecule has 0 atom stereocenters. The zero-order chi connectivity index (χ0) is 17.7. The number of rotatable bonds is 3. The molecule has 2 aromatic carbocycles. The molecule has 7 heteroatoms. The van der Waals surface area contributed by atoms with Crippen LogP contribution in [0.5, 0.6) is 0 Å². The minimum atomic E-state index is -0.289. The number of anilines is 2. The molecule has 2 rings (SSSR count). The second kappa shape index (κ2) is 8.03. The summed E-state index contributed by atoms with van der Waals surface area (Å²) >= 11 is 8.55. The third-order valence-electron chi connectivity index (χ3n) is 3.12. The third-order valence-corrected chi connectivity index (χ3v) is 4.18. The average molecular weight is 406 g/mol. The lowest BCUT2D eigenvalue weighted by Crippen LogP contribution is -2.34. The third kappa shape index (κ3) is 5.14. The van der Waals surface area contributed by atoms with Gasteiger partial charge >= 0.3 is 0 Å². The van der Waals surface area contributed by atoms with E-state index in [4.69, 9.17) is 12.2 Å². The predicted octanol–water partition coefficient (Wildman–Crippen LogP) is 3.84. The van der Waals surface area contributed by atoms with Gasteiger partial charge < -0.3 is 10.6 Å². The maximum absolute atomic E-state index is 12.2. The van der Waals surface area contributed by atoms with Crippen LogP contribution in [0.15, 0.2) is 46.9 Å². The van der Waals surface area contributed by atoms with Gasteiger partial charge in [0, 0.05) is 28.3 Å². The largest absolute Gasteiger partial charge is 0.332 e. The Morgan fingerprint density at radius 1 is 1.00 bits per heavy atom. The van der Waals surface area contributed by atoms with Crippen LogP contribution in [0.4, 0.5) is 11.4 Å². The molecule has 2 aromatic rings. The summed E-state index contributed by atoms with van der Waals surface area (Å²) in [5.41, 5.74) is 2.95. The smallest absolute Gasteiger partial charge is 0.257 e. The molecule has 124 valence electrons. The number of carbonyl (C=O) groups is 2. The van der Waals surface area contributed by atoms with Gasteiger partial charge in [0.15, 0.2) is 5.11 Å². The number of carbonyl (C=O) groups excluding carboxylic acids is 2. The Kier molecular flexibility index (Phi) is 6.05. The molecule has 0 aliphatic heterocycles. The Morgan fingerprint density at radius 2 is 1.58 bits per heavy atom. The van der Waals surface area contributed by atoms with Gasteiger partial charge in [-0.2, -0.15) is 0 Å². The maximum atomic E-state index is 12.2. The molecule has 0 spiro atoms. The van der Waals surface area contributed by atoms with E-state index >= 15 is 0 Å². The van der Waals surface area contributed by atoms with Gasteiger partial charge in [-0.25, -0.2) is 0 Å². The highest BCUT2D eigenvalue weighted by atomic mass is 79.9. The first-order valence-corrected chi connectivity index (χ1v) is 8.31. The Labute approximate surface area is 154 Å². The zero-order valence-corrected chi connectivity index (χ0v) is 15.5. The quantitative estimate of drug-likeness (QED) is 0.678. The molecule has 0 aliphatic rings. The van der Waals surface area contributed by atoms with Crippen molar-refractivity contribution in [3.63, 3.8) is 0 Å². The second-order valence-corrected chi connectivity index (χ2v) is 6.39. The molecule has 2 amide bonds. The topological polar surface area (TPSA) is 70.2 Å². The highest BCUT2D eigenvalue weighted by Gasteiger charge is 2.09. The average Bonchev–Trinajstić information content (AvgIpc) is 2.51. The molecule has 0 fully saturated rings. The summed E-state index contributed by atoms with van der Waals surface area (Å²) in [4.78, 5) is 23.2. The molecule has 0 aliphatic carbocycles. The molecule has 3 N–H and O–H groups in total. The summed E-state index contributed by atoms with van der Waals surface area (Å²) in [6.07, 6.45) is 0. The minimum Gasteiger partial charge on any atom is -0.332 e. The van der Waals surface area contributed by atoms with Crippen LogP contribution in [0.3, 0.4) is 0 Å². The van der Waals surface area contributed by atoms with E-state index in [1.54, 1.807) is 36.4 Å². The van der Waals surface area contributed by atoms with Crippen LogP contribution in [-0.2, 0) is 4.79 Å². The fourth-order valence-corrected chi connectivity index (χ4v) is 2.50. The lowest BCUT2D eigenvalue weighted by molar-refractivity contribution is -0.114. The number of amides is 2. The number of thiocarbonyl (C=S) groups is 1. The number of hydrogen-bond donors (Lipinski definition) is 3. The molecule has 0 heterocycles. The first-order valence-electron chi connectivity index (χ1n) is 7.11. The maximum Gasteiger partial charge on any atom is 0.257 e. The van der Waals surface area contributed by atoms with Crippen molar-refractivity contribution in [2.24, 2.45) is 0 Å². The summed E-state index contributed by atoms with van der Waals surface area (Å²) in [5, 5.41) is 8.43. The van der Waals surface area contributed by atoms with E-state index in [1.165, 1.54) is 6.92 Å². The summed E-state index contributed by atoms with van der Waals surface area (Å²) in [5.74, 6) is -0.425. The second-order valence-electron chi connectivity index (χ2n) is 5.13. The van der Waals surface area contributed by atoms with E-state index in [0.717, 1.165) is 10.0 Å². The van der Waals surface area contributed by atoms with Crippen molar-refractivity contribution < 1.29 is 9.59 Å². The van der Waals surface area contributed by atoms with Crippen LogP contribution in [0.1, 0.15) is 22.8 Å². The van der Waals surface area contributed by atoms with Gasteiger partial charge in [-0.15, -0.1) is 0 Å². The molecular formula is C17H16BrN3O2S. The molecule has 0 saturated heterocycles. The van der Waals surface area contributed by atoms with Crippen molar-refractivity contribution >= 4 is 56.4 Å². The molecule has 0 aromatic heterocycles. The summed E-state index contributed by atoms with van der Waals surface area (Å²) < 4.78 is 0.864. The van der Waals surface area contributed by atoms with Crippen molar-refractivity contribution in [3.8, 4) is 0 Å². The summed E-state index contributed by atoms with van der Waals surface area (Å²) in [6.45, 7) is 3.39. The van der Waals surface area contributed by atoms with E-state index in [2.05, 4.69) is 31.9 Å². The lowest BCUT2D eigenvalue weighted by Gasteiger charge is -2.11. The van der Waals surface area contributed by atoms with Crippen molar-refractivity contribution in [2.75, 3.05) is 10.6 Å². The lowest BCUT2D eigenvalue weighted by atomic mass is 10.1. The molecule has 0 bridgehead atoms. The van der Waals surface area contributed by atoms with Crippen LogP contribution in [0.2, 0.25) is 0 Å². The molecule has 24 heavy (non-hydrogen) atoms. The van der Waals surface area contributed by atoms with Gasteiger partial charge in [0.25, 0.3) is 5.91 Å². The van der Waals surface area contributed by atoms with Crippen LogP contribution in [0.25, 0.3) is 0 Å². The predicted molar refractivity (Wildman–Crippen MR) is 103 cm³/mol. The normalized spacial score (nSPS) is 9.96. The molecule has 0 unspecified atom stereocenters. The molecule has 0 saturated carbocycles. The fraction of sp³-hybridized carbons (Fsp3) is 0.118. The molecular weight excluding hydrogens is 390 g/mol. The van der Waals surface area contributed by atoms with Crippen molar-refractivity contribution in [3.05, 3.63) is 58.1 Å². The zero-order valence-electron chi connectivity index (χ0n) is 13.1.